The summed E-state index contributed by atoms with van der Waals surface area (Å²) in [6.07, 6.45) is -0.196. The molecule has 1 aromatic heterocycles. The highest BCUT2D eigenvalue weighted by Crippen LogP contribution is 2.07. The quantitative estimate of drug-likeness (QED) is 0.572. The van der Waals surface area contributed by atoms with Crippen LogP contribution in [0.1, 0.15) is 17.4 Å². The molecule has 0 saturated carbocycles. The van der Waals surface area contributed by atoms with Gasteiger partial charge in [-0.15, -0.1) is 0 Å². The Bertz CT molecular complexity index is 330. The number of aliphatic hydroxyl groups is 3. The largest absolute Gasteiger partial charge is 0.466 e. The minimum atomic E-state index is -1.23. The van der Waals surface area contributed by atoms with Crippen LogP contribution >= 0.6 is 0 Å². The zero-order valence-corrected chi connectivity index (χ0v) is 6.80. The van der Waals surface area contributed by atoms with Crippen LogP contribution in [0, 0.1) is 0 Å². The van der Waals surface area contributed by atoms with Crippen molar-refractivity contribution in [3.05, 3.63) is 33.9 Å². The summed E-state index contributed by atoms with van der Waals surface area (Å²) in [5.74, 6) is 0.124. The Balaban J connectivity index is 3.05. The highest BCUT2D eigenvalue weighted by molar-refractivity contribution is 5.13. The molecule has 0 bridgehead atoms. The summed E-state index contributed by atoms with van der Waals surface area (Å²) in [5.41, 5.74) is -0.475. The molecule has 3 N–H and O–H groups in total. The lowest BCUT2D eigenvalue weighted by molar-refractivity contribution is 0.0926. The minimum Gasteiger partial charge on any atom is -0.466 e. The van der Waals surface area contributed by atoms with Crippen molar-refractivity contribution in [3.8, 4) is 0 Å². The average molecular weight is 186 g/mol. The van der Waals surface area contributed by atoms with Crippen molar-refractivity contribution in [2.75, 3.05) is 6.61 Å². The molecule has 0 saturated heterocycles. The van der Waals surface area contributed by atoms with E-state index < -0.39 is 18.1 Å². The number of aliphatic hydroxyl groups excluding tert-OH is 3. The third-order valence-corrected chi connectivity index (χ3v) is 1.60. The molecule has 13 heavy (non-hydrogen) atoms. The predicted molar refractivity (Wildman–Crippen MR) is 42.9 cm³/mol. The SMILES string of the molecule is O=c1cc(CO)occ1C(O)CO. The molecule has 0 aliphatic heterocycles. The minimum absolute atomic E-state index is 0.0142. The molecular formula is C8H10O5. The summed E-state index contributed by atoms with van der Waals surface area (Å²) in [7, 11) is 0. The van der Waals surface area contributed by atoms with E-state index in [0.29, 0.717) is 0 Å². The molecule has 0 radical (unpaired) electrons. The van der Waals surface area contributed by atoms with Gasteiger partial charge >= 0.3 is 0 Å². The van der Waals surface area contributed by atoms with Crippen LogP contribution in [0.5, 0.6) is 0 Å². The fraction of sp³-hybridized carbons (Fsp3) is 0.375. The van der Waals surface area contributed by atoms with Gasteiger partial charge in [-0.1, -0.05) is 0 Å². The fourth-order valence-corrected chi connectivity index (χ4v) is 0.885. The van der Waals surface area contributed by atoms with Gasteiger partial charge in [-0.3, -0.25) is 4.79 Å². The molecule has 1 atom stereocenters. The Morgan fingerprint density at radius 3 is 2.62 bits per heavy atom. The van der Waals surface area contributed by atoms with Crippen molar-refractivity contribution in [1.82, 2.24) is 0 Å². The van der Waals surface area contributed by atoms with E-state index in [1.807, 2.05) is 0 Å². The fourth-order valence-electron chi connectivity index (χ4n) is 0.885. The summed E-state index contributed by atoms with van der Waals surface area (Å²) in [4.78, 5) is 11.2. The highest BCUT2D eigenvalue weighted by atomic mass is 16.4. The molecule has 72 valence electrons. The zero-order chi connectivity index (χ0) is 9.84. The van der Waals surface area contributed by atoms with Crippen molar-refractivity contribution in [1.29, 1.82) is 0 Å². The van der Waals surface area contributed by atoms with Crippen molar-refractivity contribution in [3.63, 3.8) is 0 Å². The normalized spacial score (nSPS) is 12.8. The number of rotatable bonds is 3. The van der Waals surface area contributed by atoms with E-state index in [4.69, 9.17) is 19.7 Å². The summed E-state index contributed by atoms with van der Waals surface area (Å²) in [6, 6.07) is 1.08. The van der Waals surface area contributed by atoms with Crippen LogP contribution in [0.4, 0.5) is 0 Å². The summed E-state index contributed by atoms with van der Waals surface area (Å²) in [5, 5.41) is 26.3. The molecule has 0 aromatic carbocycles. The third-order valence-electron chi connectivity index (χ3n) is 1.60. The van der Waals surface area contributed by atoms with Crippen molar-refractivity contribution in [2.45, 2.75) is 12.7 Å². The summed E-state index contributed by atoms with van der Waals surface area (Å²) in [6.45, 7) is -0.909. The van der Waals surface area contributed by atoms with Gasteiger partial charge in [-0.25, -0.2) is 0 Å². The van der Waals surface area contributed by atoms with E-state index in [2.05, 4.69) is 0 Å². The van der Waals surface area contributed by atoms with Crippen LogP contribution in [-0.4, -0.2) is 21.9 Å². The molecule has 5 heteroatoms. The number of hydrogen-bond donors (Lipinski definition) is 3. The second-order valence-corrected chi connectivity index (χ2v) is 2.52. The second kappa shape index (κ2) is 4.18. The van der Waals surface area contributed by atoms with Crippen molar-refractivity contribution >= 4 is 0 Å². The third kappa shape index (κ3) is 2.15. The van der Waals surface area contributed by atoms with Gasteiger partial charge in [0.2, 0.25) is 0 Å². The smallest absolute Gasteiger partial charge is 0.191 e. The first kappa shape index (κ1) is 9.91. The molecule has 5 nitrogen and oxygen atoms in total. The Morgan fingerprint density at radius 1 is 1.46 bits per heavy atom. The topological polar surface area (TPSA) is 90.9 Å². The van der Waals surface area contributed by atoms with Crippen LogP contribution in [-0.2, 0) is 6.61 Å². The average Bonchev–Trinajstić information content (AvgIpc) is 2.16. The predicted octanol–water partition coefficient (Wildman–Crippen LogP) is -0.842. The molecule has 1 heterocycles. The van der Waals surface area contributed by atoms with Crippen LogP contribution in [0.2, 0.25) is 0 Å². The van der Waals surface area contributed by atoms with E-state index in [0.717, 1.165) is 12.3 Å². The monoisotopic (exact) mass is 186 g/mol. The highest BCUT2D eigenvalue weighted by Gasteiger charge is 2.11. The van der Waals surface area contributed by atoms with Crippen LogP contribution in [0.3, 0.4) is 0 Å². The lowest BCUT2D eigenvalue weighted by Gasteiger charge is -2.05. The standard InChI is InChI=1S/C8H10O5/c9-2-5-1-7(11)6(4-13-5)8(12)3-10/h1,4,8-10,12H,2-3H2. The first-order valence-corrected chi connectivity index (χ1v) is 3.70. The zero-order valence-electron chi connectivity index (χ0n) is 6.80. The molecule has 1 rings (SSSR count). The molecule has 0 aliphatic carbocycles. The van der Waals surface area contributed by atoms with Gasteiger partial charge in [0.25, 0.3) is 0 Å². The lowest BCUT2D eigenvalue weighted by Crippen LogP contribution is -2.15. The van der Waals surface area contributed by atoms with Gasteiger partial charge < -0.3 is 19.7 Å². The molecule has 1 unspecified atom stereocenters. The number of hydrogen-bond acceptors (Lipinski definition) is 5. The van der Waals surface area contributed by atoms with Gasteiger partial charge in [-0.05, 0) is 0 Å². The van der Waals surface area contributed by atoms with E-state index in [1.165, 1.54) is 0 Å². The van der Waals surface area contributed by atoms with Crippen LogP contribution in [0.25, 0.3) is 0 Å². The van der Waals surface area contributed by atoms with Gasteiger partial charge in [-0.2, -0.15) is 0 Å². The Hall–Kier alpha value is -1.17. The maximum atomic E-state index is 11.2. The summed E-state index contributed by atoms with van der Waals surface area (Å²) < 4.78 is 4.79. The van der Waals surface area contributed by atoms with E-state index in [1.54, 1.807) is 0 Å². The van der Waals surface area contributed by atoms with Gasteiger partial charge in [0.1, 0.15) is 24.7 Å². The second-order valence-electron chi connectivity index (χ2n) is 2.52. The van der Waals surface area contributed by atoms with Crippen LogP contribution in [0.15, 0.2) is 21.5 Å². The molecule has 0 spiro atoms. The lowest BCUT2D eigenvalue weighted by atomic mass is 10.2. The molecule has 0 amide bonds. The van der Waals surface area contributed by atoms with Crippen molar-refractivity contribution < 1.29 is 19.7 Å². The molecule has 0 aliphatic rings. The molecular weight excluding hydrogens is 176 g/mol. The van der Waals surface area contributed by atoms with Gasteiger partial charge in [0.05, 0.1) is 12.2 Å². The maximum Gasteiger partial charge on any atom is 0.191 e. The van der Waals surface area contributed by atoms with Crippen molar-refractivity contribution in [2.24, 2.45) is 0 Å². The molecule has 1 aromatic rings. The first-order chi connectivity index (χ1) is 6.19. The van der Waals surface area contributed by atoms with Gasteiger partial charge in [0, 0.05) is 6.07 Å². The van der Waals surface area contributed by atoms with Gasteiger partial charge in [0.15, 0.2) is 5.43 Å². The summed E-state index contributed by atoms with van der Waals surface area (Å²) >= 11 is 0. The Morgan fingerprint density at radius 2 is 2.15 bits per heavy atom. The molecule has 0 fully saturated rings. The Labute approximate surface area is 73.9 Å². The Kier molecular flexibility index (Phi) is 3.18. The van der Waals surface area contributed by atoms with E-state index >= 15 is 0 Å². The first-order valence-electron chi connectivity index (χ1n) is 3.70. The maximum absolute atomic E-state index is 11.2. The van der Waals surface area contributed by atoms with Crippen LogP contribution < -0.4 is 5.43 Å². The van der Waals surface area contributed by atoms with E-state index in [-0.39, 0.29) is 17.9 Å². The van der Waals surface area contributed by atoms with E-state index in [9.17, 15) is 4.79 Å².